The predicted octanol–water partition coefficient (Wildman–Crippen LogP) is 3.89. The fourth-order valence-electron chi connectivity index (χ4n) is 3.64. The van der Waals surface area contributed by atoms with Gasteiger partial charge in [-0.3, -0.25) is 4.79 Å². The molecule has 166 valence electrons. The highest BCUT2D eigenvalue weighted by Crippen LogP contribution is 2.37. The first-order valence-electron chi connectivity index (χ1n) is 9.58. The van der Waals surface area contributed by atoms with Gasteiger partial charge >= 0.3 is 12.1 Å². The smallest absolute Gasteiger partial charge is 0.435 e. The number of alkyl halides is 3. The van der Waals surface area contributed by atoms with Gasteiger partial charge in [0.1, 0.15) is 11.4 Å². The van der Waals surface area contributed by atoms with Gasteiger partial charge in [-0.25, -0.2) is 9.48 Å². The van der Waals surface area contributed by atoms with Crippen LogP contribution in [0, 0.1) is 0 Å². The van der Waals surface area contributed by atoms with Crippen LogP contribution in [-0.2, 0) is 17.3 Å². The second-order valence-corrected chi connectivity index (χ2v) is 7.03. The molecule has 0 N–H and O–H groups in total. The lowest BCUT2D eigenvalue weighted by molar-refractivity contribution is -0.141. The number of methoxy groups -OCH3 is 2. The number of carbonyl (C=O) groups excluding carboxylic acids is 2. The number of nitrogens with zero attached hydrogens (tertiary/aromatic N) is 3. The molecular weight excluding hydrogens is 427 g/mol. The van der Waals surface area contributed by atoms with Crippen LogP contribution in [0.1, 0.15) is 32.1 Å². The minimum atomic E-state index is -4.70. The lowest BCUT2D eigenvalue weighted by atomic mass is 10.0. The molecule has 0 saturated heterocycles. The van der Waals surface area contributed by atoms with E-state index in [1.54, 1.807) is 24.3 Å². The van der Waals surface area contributed by atoms with Crippen molar-refractivity contribution in [1.82, 2.24) is 9.78 Å². The number of amides is 1. The van der Waals surface area contributed by atoms with Crippen LogP contribution in [0.25, 0.3) is 5.69 Å². The number of benzene rings is 2. The number of halogens is 3. The number of hydrogen-bond acceptors (Lipinski definition) is 5. The van der Waals surface area contributed by atoms with Crippen molar-refractivity contribution in [3.8, 4) is 11.4 Å². The Balaban J connectivity index is 1.78. The van der Waals surface area contributed by atoms with Crippen molar-refractivity contribution < 1.29 is 32.2 Å². The second kappa shape index (κ2) is 8.03. The van der Waals surface area contributed by atoms with Gasteiger partial charge in [-0.2, -0.15) is 18.3 Å². The Labute approximate surface area is 181 Å². The summed E-state index contributed by atoms with van der Waals surface area (Å²) in [6.07, 6.45) is -4.72. The number of hydrogen-bond donors (Lipinski definition) is 0. The Bertz CT molecular complexity index is 1170. The number of fused-ring (bicyclic) bond motifs is 1. The average molecular weight is 445 g/mol. The molecule has 1 aliphatic heterocycles. The molecule has 0 spiro atoms. The van der Waals surface area contributed by atoms with Gasteiger partial charge in [0.2, 0.25) is 0 Å². The van der Waals surface area contributed by atoms with E-state index in [1.807, 2.05) is 0 Å². The molecule has 10 heteroatoms. The molecule has 0 unspecified atom stereocenters. The van der Waals surface area contributed by atoms with Crippen LogP contribution in [0.2, 0.25) is 0 Å². The average Bonchev–Trinajstić information content (AvgIpc) is 3.20. The Hall–Kier alpha value is -3.82. The summed E-state index contributed by atoms with van der Waals surface area (Å²) in [6.45, 7) is 0.0425. The zero-order chi connectivity index (χ0) is 23.0. The zero-order valence-corrected chi connectivity index (χ0v) is 17.1. The molecule has 2 heterocycles. The van der Waals surface area contributed by atoms with E-state index in [1.165, 1.54) is 43.4 Å². The fraction of sp³-hybridized carbons (Fsp3) is 0.227. The highest BCUT2D eigenvalue weighted by atomic mass is 19.4. The number of aromatic nitrogens is 2. The summed E-state index contributed by atoms with van der Waals surface area (Å²) < 4.78 is 51.8. The highest BCUT2D eigenvalue weighted by Gasteiger charge is 2.43. The van der Waals surface area contributed by atoms with Crippen LogP contribution in [0.3, 0.4) is 0 Å². The van der Waals surface area contributed by atoms with Gasteiger partial charge in [0.25, 0.3) is 5.91 Å². The van der Waals surface area contributed by atoms with Gasteiger partial charge in [-0.1, -0.05) is 0 Å². The summed E-state index contributed by atoms with van der Waals surface area (Å²) >= 11 is 0. The van der Waals surface area contributed by atoms with E-state index in [2.05, 4.69) is 9.84 Å². The van der Waals surface area contributed by atoms with Crippen LogP contribution >= 0.6 is 0 Å². The molecule has 0 bridgehead atoms. The Morgan fingerprint density at radius 3 is 2.19 bits per heavy atom. The van der Waals surface area contributed by atoms with Crippen molar-refractivity contribution >= 4 is 17.6 Å². The summed E-state index contributed by atoms with van der Waals surface area (Å²) in [5.74, 6) is -0.628. The molecule has 4 rings (SSSR count). The molecule has 7 nitrogen and oxygen atoms in total. The number of anilines is 1. The highest BCUT2D eigenvalue weighted by molar-refractivity contribution is 6.07. The standard InChI is InChI=1S/C22H18F3N3O4/c1-31-16-9-7-15(8-10-16)28-18-17(19(26-28)22(23,24)25)11-12-27(20(18)29)14-5-3-13(4-6-14)21(30)32-2/h3-10H,11-12H2,1-2H3. The van der Waals surface area contributed by atoms with Crippen LogP contribution in [0.15, 0.2) is 48.5 Å². The third-order valence-electron chi connectivity index (χ3n) is 5.20. The van der Waals surface area contributed by atoms with E-state index in [9.17, 15) is 22.8 Å². The predicted molar refractivity (Wildman–Crippen MR) is 108 cm³/mol. The van der Waals surface area contributed by atoms with E-state index in [4.69, 9.17) is 4.74 Å². The largest absolute Gasteiger partial charge is 0.497 e. The summed E-state index contributed by atoms with van der Waals surface area (Å²) in [6, 6.07) is 12.3. The fourth-order valence-corrected chi connectivity index (χ4v) is 3.64. The minimum Gasteiger partial charge on any atom is -0.497 e. The molecular formula is C22H18F3N3O4. The van der Waals surface area contributed by atoms with Gasteiger partial charge in [-0.05, 0) is 55.0 Å². The van der Waals surface area contributed by atoms with Crippen molar-refractivity contribution in [3.05, 3.63) is 71.0 Å². The van der Waals surface area contributed by atoms with Crippen LogP contribution < -0.4 is 9.64 Å². The molecule has 1 aromatic heterocycles. The topological polar surface area (TPSA) is 73.7 Å². The van der Waals surface area contributed by atoms with Gasteiger partial charge in [0.15, 0.2) is 5.69 Å². The Kier molecular flexibility index (Phi) is 5.37. The van der Waals surface area contributed by atoms with Crippen molar-refractivity contribution in [3.63, 3.8) is 0 Å². The summed E-state index contributed by atoms with van der Waals surface area (Å²) in [5.41, 5.74) is -0.314. The lowest BCUT2D eigenvalue weighted by Crippen LogP contribution is -2.39. The summed E-state index contributed by atoms with van der Waals surface area (Å²) in [5, 5.41) is 3.76. The molecule has 3 aromatic rings. The maximum absolute atomic E-state index is 13.7. The lowest BCUT2D eigenvalue weighted by Gasteiger charge is -2.28. The van der Waals surface area contributed by atoms with Gasteiger partial charge in [0, 0.05) is 17.8 Å². The third kappa shape index (κ3) is 3.68. The summed E-state index contributed by atoms with van der Waals surface area (Å²) in [7, 11) is 2.73. The Morgan fingerprint density at radius 1 is 1.00 bits per heavy atom. The molecule has 0 fully saturated rings. The van der Waals surface area contributed by atoms with E-state index < -0.39 is 23.7 Å². The van der Waals surface area contributed by atoms with Crippen molar-refractivity contribution in [1.29, 1.82) is 0 Å². The maximum atomic E-state index is 13.7. The van der Waals surface area contributed by atoms with Crippen molar-refractivity contribution in [2.24, 2.45) is 0 Å². The first-order valence-corrected chi connectivity index (χ1v) is 9.58. The maximum Gasteiger partial charge on any atom is 0.435 e. The quantitative estimate of drug-likeness (QED) is 0.570. The number of rotatable bonds is 4. The van der Waals surface area contributed by atoms with Crippen LogP contribution in [0.4, 0.5) is 18.9 Å². The monoisotopic (exact) mass is 445 g/mol. The molecule has 1 aliphatic rings. The molecule has 0 saturated carbocycles. The van der Waals surface area contributed by atoms with E-state index in [0.717, 1.165) is 4.68 Å². The normalized spacial score (nSPS) is 13.7. The molecule has 2 aromatic carbocycles. The molecule has 0 aliphatic carbocycles. The van der Waals surface area contributed by atoms with E-state index in [-0.39, 0.29) is 24.2 Å². The minimum absolute atomic E-state index is 0.0230. The molecule has 0 atom stereocenters. The molecule has 1 amide bonds. The zero-order valence-electron chi connectivity index (χ0n) is 17.1. The number of ether oxygens (including phenoxy) is 2. The first-order chi connectivity index (χ1) is 15.2. The van der Waals surface area contributed by atoms with Crippen molar-refractivity contribution in [2.75, 3.05) is 25.7 Å². The van der Waals surface area contributed by atoms with E-state index >= 15 is 0 Å². The van der Waals surface area contributed by atoms with Gasteiger partial charge < -0.3 is 14.4 Å². The number of carbonyl (C=O) groups is 2. The van der Waals surface area contributed by atoms with Crippen molar-refractivity contribution in [2.45, 2.75) is 12.6 Å². The third-order valence-corrected chi connectivity index (χ3v) is 5.20. The van der Waals surface area contributed by atoms with Gasteiger partial charge in [0.05, 0.1) is 25.5 Å². The summed E-state index contributed by atoms with van der Waals surface area (Å²) in [4.78, 5) is 26.3. The second-order valence-electron chi connectivity index (χ2n) is 7.03. The number of esters is 1. The Morgan fingerprint density at radius 2 is 1.62 bits per heavy atom. The van der Waals surface area contributed by atoms with Gasteiger partial charge in [-0.15, -0.1) is 0 Å². The van der Waals surface area contributed by atoms with Crippen LogP contribution in [0.5, 0.6) is 5.75 Å². The van der Waals surface area contributed by atoms with E-state index in [0.29, 0.717) is 22.7 Å². The SMILES string of the molecule is COC(=O)c1ccc(N2CCc3c(C(F)(F)F)nn(-c4ccc(OC)cc4)c3C2=O)cc1. The molecule has 0 radical (unpaired) electrons. The van der Waals surface area contributed by atoms with Crippen LogP contribution in [-0.4, -0.2) is 42.4 Å². The molecule has 32 heavy (non-hydrogen) atoms. The first kappa shape index (κ1) is 21.4.